The Kier molecular flexibility index (Phi) is 7.63. The standard InChI is InChI=1S/C35H28F3N3O6S2/c1-46-18-11-9-17(10-12-18)39-24(42)15-47-19-6-4-5-16(13-19)25-26-20-14-21(29(26)48-31-30(25)49-34(45)40-31)28-27(20)32(43)41(33(28)44)23-8-3-2-7-22(23)35(36,37)38/h2-13,20-21,25-29H,14-15H2,1H3,(H,39,42)(H,40,45)/t20?,21?,25-,26?,27?,28?,29?/m1/s1. The van der Waals surface area contributed by atoms with Crippen molar-refractivity contribution in [3.05, 3.63) is 98.5 Å². The molecule has 0 spiro atoms. The predicted octanol–water partition coefficient (Wildman–Crippen LogP) is 6.16. The number of hydrogen-bond donors (Lipinski definition) is 2. The Hall–Kier alpha value is -4.56. The van der Waals surface area contributed by atoms with Gasteiger partial charge in [-0.3, -0.25) is 19.2 Å². The third kappa shape index (κ3) is 5.23. The van der Waals surface area contributed by atoms with Crippen molar-refractivity contribution < 1.29 is 37.0 Å². The summed E-state index contributed by atoms with van der Waals surface area (Å²) in [4.78, 5) is 57.5. The molecule has 3 fully saturated rings. The topological polar surface area (TPSA) is 118 Å². The zero-order valence-electron chi connectivity index (χ0n) is 25.7. The molecule has 4 aromatic rings. The van der Waals surface area contributed by atoms with E-state index in [2.05, 4.69) is 10.3 Å². The lowest BCUT2D eigenvalue weighted by molar-refractivity contribution is -0.137. The maximum atomic E-state index is 14.0. The summed E-state index contributed by atoms with van der Waals surface area (Å²) >= 11 is 2.58. The number of amides is 3. The third-order valence-corrected chi connectivity index (χ3v) is 12.7. The molecule has 4 aliphatic rings. The van der Waals surface area contributed by atoms with Gasteiger partial charge in [-0.2, -0.15) is 13.2 Å². The van der Waals surface area contributed by atoms with Crippen molar-refractivity contribution in [3.8, 4) is 11.5 Å². The van der Waals surface area contributed by atoms with Crippen LogP contribution in [0.25, 0.3) is 0 Å². The van der Waals surface area contributed by atoms with Crippen molar-refractivity contribution in [2.75, 3.05) is 23.9 Å². The highest BCUT2D eigenvalue weighted by molar-refractivity contribution is 8.00. The molecule has 2 bridgehead atoms. The van der Waals surface area contributed by atoms with E-state index in [-0.39, 0.29) is 46.3 Å². The number of nitrogens with zero attached hydrogens (tertiary/aromatic N) is 1. The molecule has 3 aromatic carbocycles. The number of carbonyl (C=O) groups excluding carboxylic acids is 3. The van der Waals surface area contributed by atoms with Gasteiger partial charge < -0.3 is 19.8 Å². The van der Waals surface area contributed by atoms with E-state index >= 15 is 0 Å². The number of aromatic nitrogens is 1. The van der Waals surface area contributed by atoms with Gasteiger partial charge in [0.2, 0.25) is 11.8 Å². The Labute approximate surface area is 285 Å². The number of alkyl halides is 3. The van der Waals surface area contributed by atoms with Crippen LogP contribution < -0.4 is 24.6 Å². The summed E-state index contributed by atoms with van der Waals surface area (Å²) in [6.45, 7) is -0.259. The van der Waals surface area contributed by atoms with E-state index in [1.807, 2.05) is 12.1 Å². The number of anilines is 2. The number of halogens is 3. The largest absolute Gasteiger partial charge is 0.497 e. The third-order valence-electron chi connectivity index (χ3n) is 10.1. The summed E-state index contributed by atoms with van der Waals surface area (Å²) in [5.74, 6) is -3.02. The average Bonchev–Trinajstić information content (AvgIpc) is 3.82. The van der Waals surface area contributed by atoms with Crippen molar-refractivity contribution in [1.29, 1.82) is 0 Å². The van der Waals surface area contributed by atoms with Gasteiger partial charge in [-0.1, -0.05) is 35.6 Å². The fourth-order valence-electron chi connectivity index (χ4n) is 8.35. The summed E-state index contributed by atoms with van der Waals surface area (Å²) < 4.78 is 53.0. The van der Waals surface area contributed by atoms with Gasteiger partial charge in [0.15, 0.2) is 6.61 Å². The Morgan fingerprint density at radius 1 is 0.959 bits per heavy atom. The number of H-pyrrole nitrogens is 1. The van der Waals surface area contributed by atoms with E-state index in [1.54, 1.807) is 43.5 Å². The first-order valence-electron chi connectivity index (χ1n) is 15.6. The number of imide groups is 1. The van der Waals surface area contributed by atoms with E-state index in [9.17, 15) is 32.3 Å². The zero-order valence-corrected chi connectivity index (χ0v) is 27.4. The van der Waals surface area contributed by atoms with Crippen LogP contribution in [0.2, 0.25) is 0 Å². The first kappa shape index (κ1) is 31.7. The Morgan fingerprint density at radius 3 is 2.43 bits per heavy atom. The van der Waals surface area contributed by atoms with Crippen LogP contribution >= 0.6 is 23.1 Å². The van der Waals surface area contributed by atoms with Gasteiger partial charge in [-0.15, -0.1) is 11.8 Å². The number of nitrogens with one attached hydrogen (secondary N) is 2. The van der Waals surface area contributed by atoms with Crippen molar-refractivity contribution in [1.82, 2.24) is 4.98 Å². The van der Waals surface area contributed by atoms with Crippen LogP contribution in [0.1, 0.15) is 28.3 Å². The van der Waals surface area contributed by atoms with Crippen LogP contribution in [0, 0.1) is 29.6 Å². The van der Waals surface area contributed by atoms with Crippen LogP contribution in [0.5, 0.6) is 11.5 Å². The minimum atomic E-state index is -4.74. The van der Waals surface area contributed by atoms with Crippen molar-refractivity contribution in [2.24, 2.45) is 29.6 Å². The second-order valence-electron chi connectivity index (χ2n) is 12.6. The number of para-hydroxylation sites is 1. The molecule has 2 saturated carbocycles. The second kappa shape index (κ2) is 11.8. The number of hydrogen-bond acceptors (Lipinski definition) is 8. The lowest BCUT2D eigenvalue weighted by Gasteiger charge is -2.43. The molecule has 252 valence electrons. The zero-order chi connectivity index (χ0) is 34.2. The molecule has 2 aliphatic heterocycles. The molecule has 3 heterocycles. The maximum Gasteiger partial charge on any atom is 0.418 e. The van der Waals surface area contributed by atoms with E-state index < -0.39 is 41.1 Å². The minimum Gasteiger partial charge on any atom is -0.497 e. The van der Waals surface area contributed by atoms with E-state index in [0.717, 1.165) is 32.7 Å². The molecule has 9 nitrogen and oxygen atoms in total. The predicted molar refractivity (Wildman–Crippen MR) is 176 cm³/mol. The molecule has 2 aliphatic carbocycles. The molecule has 1 saturated heterocycles. The molecule has 0 radical (unpaired) electrons. The molecular weight excluding hydrogens is 680 g/mol. The summed E-state index contributed by atoms with van der Waals surface area (Å²) in [6, 6.07) is 18.8. The molecule has 49 heavy (non-hydrogen) atoms. The van der Waals surface area contributed by atoms with Gasteiger partial charge in [0, 0.05) is 21.7 Å². The van der Waals surface area contributed by atoms with Crippen LogP contribution in [-0.2, 0) is 20.6 Å². The van der Waals surface area contributed by atoms with E-state index in [1.165, 1.54) is 30.0 Å². The summed E-state index contributed by atoms with van der Waals surface area (Å²) in [6.07, 6.45) is -4.16. The molecule has 1 aromatic heterocycles. The Bertz CT molecular complexity index is 2050. The lowest BCUT2D eigenvalue weighted by Crippen LogP contribution is -2.42. The SMILES string of the molecule is COc1ccc(NC(=O)COc2cccc([C@H]3c4sc(=O)[nH]c4SC4C5CC(C6C(=O)N(c7ccccc7C(F)(F)F)C(=O)C56)C43)c2)cc1. The van der Waals surface area contributed by atoms with Crippen LogP contribution in [0.4, 0.5) is 24.5 Å². The molecule has 2 N–H and O–H groups in total. The molecule has 14 heteroatoms. The summed E-state index contributed by atoms with van der Waals surface area (Å²) in [5.41, 5.74) is -0.0583. The number of aromatic amines is 1. The fraction of sp³-hybridized carbons (Fsp3) is 0.314. The van der Waals surface area contributed by atoms with Crippen LogP contribution in [-0.4, -0.2) is 41.7 Å². The van der Waals surface area contributed by atoms with Crippen LogP contribution in [0.15, 0.2) is 82.6 Å². The number of fused-ring (bicyclic) bond motifs is 9. The van der Waals surface area contributed by atoms with Gasteiger partial charge in [0.05, 0.1) is 35.2 Å². The summed E-state index contributed by atoms with van der Waals surface area (Å²) in [7, 11) is 1.55. The number of methoxy groups -OCH3 is 1. The monoisotopic (exact) mass is 707 g/mol. The summed E-state index contributed by atoms with van der Waals surface area (Å²) in [5, 5.41) is 3.33. The number of rotatable bonds is 7. The first-order valence-corrected chi connectivity index (χ1v) is 17.3. The highest BCUT2D eigenvalue weighted by atomic mass is 32.2. The average molecular weight is 708 g/mol. The smallest absolute Gasteiger partial charge is 0.418 e. The second-order valence-corrected chi connectivity index (χ2v) is 14.8. The number of thioether (sulfide) groups is 1. The highest BCUT2D eigenvalue weighted by Crippen LogP contribution is 2.69. The van der Waals surface area contributed by atoms with Gasteiger partial charge in [-0.25, -0.2) is 4.90 Å². The molecule has 6 unspecified atom stereocenters. The molecule has 8 rings (SSSR count). The minimum absolute atomic E-state index is 0.150. The number of ether oxygens (including phenoxy) is 2. The number of carbonyl (C=O) groups is 3. The highest BCUT2D eigenvalue weighted by Gasteiger charge is 2.70. The van der Waals surface area contributed by atoms with E-state index in [4.69, 9.17) is 9.47 Å². The van der Waals surface area contributed by atoms with Gasteiger partial charge in [0.1, 0.15) is 11.5 Å². The maximum absolute atomic E-state index is 14.0. The lowest BCUT2D eigenvalue weighted by atomic mass is 9.68. The van der Waals surface area contributed by atoms with Crippen molar-refractivity contribution >= 4 is 52.2 Å². The van der Waals surface area contributed by atoms with Crippen molar-refractivity contribution in [3.63, 3.8) is 0 Å². The molecular formula is C35H28F3N3O6S2. The van der Waals surface area contributed by atoms with Gasteiger partial charge in [-0.05, 0) is 78.3 Å². The first-order chi connectivity index (χ1) is 23.5. The van der Waals surface area contributed by atoms with Crippen molar-refractivity contribution in [2.45, 2.75) is 28.8 Å². The van der Waals surface area contributed by atoms with Gasteiger partial charge >= 0.3 is 11.0 Å². The fourth-order valence-corrected chi connectivity index (χ4v) is 11.2. The quantitative estimate of drug-likeness (QED) is 0.221. The Morgan fingerprint density at radius 2 is 1.69 bits per heavy atom. The number of benzene rings is 3. The van der Waals surface area contributed by atoms with Gasteiger partial charge in [0.25, 0.3) is 5.91 Å². The van der Waals surface area contributed by atoms with E-state index in [0.29, 0.717) is 28.6 Å². The number of thiazole rings is 1. The van der Waals surface area contributed by atoms with Crippen LogP contribution in [0.3, 0.4) is 0 Å². The normalized spacial score (nSPS) is 26.7. The molecule has 7 atom stereocenters. The molecule has 3 amide bonds. The Balaban J connectivity index is 1.08.